The van der Waals surface area contributed by atoms with Gasteiger partial charge < -0.3 is 0 Å². The van der Waals surface area contributed by atoms with Crippen LogP contribution in [-0.2, 0) is 0 Å². The van der Waals surface area contributed by atoms with Gasteiger partial charge in [-0.3, -0.25) is 0 Å². The Hall–Kier alpha value is -0.260. The van der Waals surface area contributed by atoms with Crippen molar-refractivity contribution in [3.63, 3.8) is 0 Å². The van der Waals surface area contributed by atoms with Gasteiger partial charge in [-0.05, 0) is 186 Å². The van der Waals surface area contributed by atoms with Crippen LogP contribution in [0.2, 0.25) is 0 Å². The van der Waals surface area contributed by atoms with Gasteiger partial charge in [0.15, 0.2) is 0 Å². The van der Waals surface area contributed by atoms with E-state index in [2.05, 4.69) is 11.1 Å². The minimum absolute atomic E-state index is 0.493. The van der Waals surface area contributed by atoms with E-state index < -0.39 is 0 Å². The maximum atomic E-state index is 2.46. The third-order valence-corrected chi connectivity index (χ3v) is 22.7. The number of allylic oxidation sites excluding steroid dienone is 2. The Morgan fingerprint density at radius 3 is 0.900 bits per heavy atom. The van der Waals surface area contributed by atoms with Crippen molar-refractivity contribution in [3.8, 4) is 0 Å². The predicted octanol–water partition coefficient (Wildman–Crippen LogP) is 19.1. The van der Waals surface area contributed by atoms with Gasteiger partial charge in [0.1, 0.15) is 0 Å². The molecular weight excluding hydrogens is 721 g/mol. The van der Waals surface area contributed by atoms with Gasteiger partial charge in [-0.15, -0.1) is 0 Å². The molecule has 0 radical (unpaired) electrons. The van der Waals surface area contributed by atoms with Crippen molar-refractivity contribution in [1.29, 1.82) is 0 Å². The van der Waals surface area contributed by atoms with Gasteiger partial charge in [0.2, 0.25) is 0 Å². The highest BCUT2D eigenvalue weighted by atomic mass is 14.8. The molecule has 1 atom stereocenters. The van der Waals surface area contributed by atoms with E-state index in [1.165, 1.54) is 6.42 Å². The fraction of sp³-hybridized carbons (Fsp3) is 0.967. The lowest BCUT2D eigenvalue weighted by molar-refractivity contribution is -0.301. The van der Waals surface area contributed by atoms with Crippen molar-refractivity contribution >= 4 is 0 Å². The molecule has 0 amide bonds. The first-order chi connectivity index (χ1) is 29.8. The fourth-order valence-corrected chi connectivity index (χ4v) is 21.5. The summed E-state index contributed by atoms with van der Waals surface area (Å²) in [6.45, 7) is 0. The molecule has 60 heavy (non-hydrogen) atoms. The highest BCUT2D eigenvalue weighted by molar-refractivity contribution is 5.45. The molecule has 9 saturated carbocycles. The van der Waals surface area contributed by atoms with Gasteiger partial charge >= 0.3 is 0 Å². The van der Waals surface area contributed by atoms with Crippen molar-refractivity contribution in [2.75, 3.05) is 0 Å². The lowest BCUT2D eigenvalue weighted by Gasteiger charge is -2.81. The van der Waals surface area contributed by atoms with Crippen molar-refractivity contribution in [2.45, 2.75) is 289 Å². The van der Waals surface area contributed by atoms with E-state index in [0.29, 0.717) is 16.2 Å². The van der Waals surface area contributed by atoms with E-state index in [1.54, 1.807) is 283 Å². The maximum absolute atomic E-state index is 2.46. The predicted molar refractivity (Wildman–Crippen MR) is 257 cm³/mol. The van der Waals surface area contributed by atoms with Gasteiger partial charge in [-0.25, -0.2) is 0 Å². The van der Waals surface area contributed by atoms with Crippen molar-refractivity contribution < 1.29 is 0 Å². The molecule has 10 rings (SSSR count). The monoisotopic (exact) mass is 821 g/mol. The molecule has 0 bridgehead atoms. The molecule has 10 aliphatic carbocycles. The van der Waals surface area contributed by atoms with E-state index >= 15 is 0 Å². The average molecular weight is 821 g/mol. The van der Waals surface area contributed by atoms with Crippen LogP contribution in [0.1, 0.15) is 289 Å². The van der Waals surface area contributed by atoms with Crippen LogP contribution >= 0.6 is 0 Å². The van der Waals surface area contributed by atoms with E-state index in [9.17, 15) is 0 Å². The number of hydrogen-bond acceptors (Lipinski definition) is 0. The molecule has 0 heterocycles. The van der Waals surface area contributed by atoms with Crippen LogP contribution < -0.4 is 0 Å². The van der Waals surface area contributed by atoms with Gasteiger partial charge in [0, 0.05) is 5.41 Å². The molecule has 0 N–H and O–H groups in total. The van der Waals surface area contributed by atoms with Crippen LogP contribution in [-0.4, -0.2) is 0 Å². The second-order valence-electron chi connectivity index (χ2n) is 25.1. The topological polar surface area (TPSA) is 0 Å². The molecule has 0 aromatic carbocycles. The van der Waals surface area contributed by atoms with Crippen LogP contribution in [0, 0.1) is 75.4 Å². The zero-order valence-electron chi connectivity index (χ0n) is 40.1. The smallest absolute Gasteiger partial charge is 0.00414 e. The molecule has 10 aliphatic rings. The Morgan fingerprint density at radius 1 is 0.250 bits per heavy atom. The lowest BCUT2D eigenvalue weighted by atomic mass is 9.22. The summed E-state index contributed by atoms with van der Waals surface area (Å²) in [6, 6.07) is 0. The quantitative estimate of drug-likeness (QED) is 0.203. The summed E-state index contributed by atoms with van der Waals surface area (Å²) in [6.07, 6.45) is 71.6. The summed E-state index contributed by atoms with van der Waals surface area (Å²) >= 11 is 0. The van der Waals surface area contributed by atoms with Crippen LogP contribution in [0.3, 0.4) is 0 Å². The molecule has 0 nitrogen and oxygen atoms in total. The van der Waals surface area contributed by atoms with E-state index in [4.69, 9.17) is 0 Å². The average Bonchev–Trinajstić information content (AvgIpc) is 3.35. The normalized spacial score (nSPS) is 33.9. The summed E-state index contributed by atoms with van der Waals surface area (Å²) in [5, 5.41) is 0. The highest BCUT2D eigenvalue weighted by Crippen LogP contribution is 2.86. The highest BCUT2D eigenvalue weighted by Gasteiger charge is 2.80. The number of rotatable bonds is 9. The number of hydrogen-bond donors (Lipinski definition) is 0. The first-order valence-corrected chi connectivity index (χ1v) is 29.6. The van der Waals surface area contributed by atoms with Gasteiger partial charge in [0.05, 0.1) is 0 Å². The molecule has 340 valence electrons. The van der Waals surface area contributed by atoms with E-state index in [0.717, 1.165) is 59.2 Å². The Balaban J connectivity index is 1.42. The molecule has 0 spiro atoms. The second-order valence-corrected chi connectivity index (χ2v) is 25.1. The Morgan fingerprint density at radius 2 is 0.533 bits per heavy atom. The lowest BCUT2D eigenvalue weighted by Crippen LogP contribution is -2.76. The molecule has 0 aromatic heterocycles. The Bertz CT molecular complexity index is 1270. The first kappa shape index (κ1) is 43.6. The molecule has 1 unspecified atom stereocenters. The standard InChI is InChI=1S/C60H100/c1-10-28-46(29-11-1)55-56(47-30-12-2-13-31-47)58(49-34-16-4-17-35-49,50-36-18-5-19-37-50)60(53-42-24-8-25-43-53,54-44-26-9-27-45-54)59(51-38-20-6-21-39-51,52-40-22-7-23-41-52)57(55)48-32-14-3-15-33-48/h46-54,56H,1-45H2. The molecule has 0 aliphatic heterocycles. The summed E-state index contributed by atoms with van der Waals surface area (Å²) in [5.41, 5.74) is 6.47. The summed E-state index contributed by atoms with van der Waals surface area (Å²) in [7, 11) is 0. The van der Waals surface area contributed by atoms with Crippen LogP contribution in [0.5, 0.6) is 0 Å². The Kier molecular flexibility index (Phi) is 14.6. The minimum atomic E-state index is 0.493. The minimum Gasteiger partial charge on any atom is -0.0630 e. The van der Waals surface area contributed by atoms with Gasteiger partial charge in [-0.2, -0.15) is 0 Å². The Labute approximate surface area is 374 Å². The summed E-state index contributed by atoms with van der Waals surface area (Å²) < 4.78 is 0. The van der Waals surface area contributed by atoms with Crippen molar-refractivity contribution in [2.24, 2.45) is 75.4 Å². The third-order valence-electron chi connectivity index (χ3n) is 22.7. The van der Waals surface area contributed by atoms with Crippen molar-refractivity contribution in [3.05, 3.63) is 11.1 Å². The SMILES string of the molecule is C1CCC(C2=C(C3CCCCC3)C(C3CCCCC3)(C3CCCCC3)C(C3CCCCC3)(C3CCCCC3)C(C3CCCCC3)(C3CCCCC3)C2C2CCCCC2)CC1. The van der Waals surface area contributed by atoms with Gasteiger partial charge in [-0.1, -0.05) is 185 Å². The molecule has 0 heteroatoms. The molecule has 0 aromatic rings. The maximum Gasteiger partial charge on any atom is 0.00414 e. The van der Waals surface area contributed by atoms with E-state index in [-0.39, 0.29) is 0 Å². The fourth-order valence-electron chi connectivity index (χ4n) is 21.5. The van der Waals surface area contributed by atoms with Gasteiger partial charge in [0.25, 0.3) is 0 Å². The van der Waals surface area contributed by atoms with Crippen LogP contribution in [0.4, 0.5) is 0 Å². The summed E-state index contributed by atoms with van der Waals surface area (Å²) in [4.78, 5) is 0. The van der Waals surface area contributed by atoms with Crippen LogP contribution in [0.15, 0.2) is 11.1 Å². The first-order valence-electron chi connectivity index (χ1n) is 29.6. The zero-order valence-corrected chi connectivity index (χ0v) is 40.1. The molecular formula is C60H100. The largest absolute Gasteiger partial charge is 0.0630 e. The molecule has 0 saturated heterocycles. The molecule has 9 fully saturated rings. The zero-order chi connectivity index (χ0) is 40.2. The van der Waals surface area contributed by atoms with Crippen molar-refractivity contribution in [1.82, 2.24) is 0 Å². The van der Waals surface area contributed by atoms with Crippen LogP contribution in [0.25, 0.3) is 0 Å². The second kappa shape index (κ2) is 20.1. The third kappa shape index (κ3) is 7.47. The summed E-state index contributed by atoms with van der Waals surface area (Å²) in [5.74, 6) is 9.88. The van der Waals surface area contributed by atoms with E-state index in [1.807, 2.05) is 0 Å².